The van der Waals surface area contributed by atoms with Gasteiger partial charge >= 0.3 is 0 Å². The highest BCUT2D eigenvalue weighted by atomic mass is 79.9. The molecule has 0 aliphatic heterocycles. The summed E-state index contributed by atoms with van der Waals surface area (Å²) in [5, 5.41) is 0.838. The number of fused-ring (bicyclic) bond motifs is 3. The van der Waals surface area contributed by atoms with Gasteiger partial charge < -0.3 is 4.42 Å². The van der Waals surface area contributed by atoms with Crippen LogP contribution in [0.2, 0.25) is 10.4 Å². The van der Waals surface area contributed by atoms with Gasteiger partial charge in [0.15, 0.2) is 5.82 Å². The summed E-state index contributed by atoms with van der Waals surface area (Å²) in [4.78, 5) is 7.61. The molecule has 3 nitrogen and oxygen atoms in total. The first-order valence-electron chi connectivity index (χ1n) is 4.46. The SMILES string of the molecule is Fc1c(Br)c2ccoc2c2c(Cl)nc(Cl)nc12. The Balaban J connectivity index is 2.70. The first-order valence-corrected chi connectivity index (χ1v) is 6.01. The highest BCUT2D eigenvalue weighted by Crippen LogP contribution is 2.37. The quantitative estimate of drug-likeness (QED) is 0.445. The smallest absolute Gasteiger partial charge is 0.224 e. The molecule has 0 unspecified atom stereocenters. The molecule has 0 fully saturated rings. The molecule has 0 saturated carbocycles. The van der Waals surface area contributed by atoms with E-state index in [1.807, 2.05) is 0 Å². The highest BCUT2D eigenvalue weighted by Gasteiger charge is 2.19. The summed E-state index contributed by atoms with van der Waals surface area (Å²) >= 11 is 14.7. The molecule has 0 spiro atoms. The molecule has 2 heterocycles. The molecule has 2 aromatic heterocycles. The Kier molecular flexibility index (Phi) is 2.50. The maximum absolute atomic E-state index is 14.1. The van der Waals surface area contributed by atoms with Crippen LogP contribution in [0.1, 0.15) is 0 Å². The van der Waals surface area contributed by atoms with Gasteiger partial charge in [-0.3, -0.25) is 0 Å². The second-order valence-corrected chi connectivity index (χ2v) is 4.79. The van der Waals surface area contributed by atoms with Gasteiger partial charge in [0.2, 0.25) is 5.28 Å². The number of hydrogen-bond donors (Lipinski definition) is 0. The molecular weight excluding hydrogens is 334 g/mol. The second kappa shape index (κ2) is 3.80. The van der Waals surface area contributed by atoms with Gasteiger partial charge in [0.25, 0.3) is 0 Å². The van der Waals surface area contributed by atoms with Crippen LogP contribution >= 0.6 is 39.1 Å². The Labute approximate surface area is 113 Å². The number of benzene rings is 1. The second-order valence-electron chi connectivity index (χ2n) is 3.30. The maximum atomic E-state index is 14.1. The van der Waals surface area contributed by atoms with E-state index in [1.54, 1.807) is 6.07 Å². The van der Waals surface area contributed by atoms with E-state index < -0.39 is 5.82 Å². The van der Waals surface area contributed by atoms with Crippen LogP contribution in [0.25, 0.3) is 21.9 Å². The molecule has 17 heavy (non-hydrogen) atoms. The van der Waals surface area contributed by atoms with E-state index in [2.05, 4.69) is 25.9 Å². The lowest BCUT2D eigenvalue weighted by atomic mass is 10.2. The van der Waals surface area contributed by atoms with E-state index in [0.717, 1.165) is 0 Å². The summed E-state index contributed by atoms with van der Waals surface area (Å²) in [6, 6.07) is 1.63. The van der Waals surface area contributed by atoms with Crippen molar-refractivity contribution in [2.24, 2.45) is 0 Å². The first kappa shape index (κ1) is 11.2. The molecule has 0 bridgehead atoms. The molecule has 0 saturated heterocycles. The van der Waals surface area contributed by atoms with E-state index in [1.165, 1.54) is 6.26 Å². The van der Waals surface area contributed by atoms with Gasteiger partial charge in [-0.25, -0.2) is 14.4 Å². The average Bonchev–Trinajstić information content (AvgIpc) is 2.73. The molecule has 86 valence electrons. The van der Waals surface area contributed by atoms with Crippen LogP contribution < -0.4 is 0 Å². The summed E-state index contributed by atoms with van der Waals surface area (Å²) in [7, 11) is 0. The van der Waals surface area contributed by atoms with Gasteiger partial charge in [0.1, 0.15) is 16.3 Å². The van der Waals surface area contributed by atoms with Crippen molar-refractivity contribution in [2.45, 2.75) is 0 Å². The molecule has 7 heteroatoms. The summed E-state index contributed by atoms with van der Waals surface area (Å²) in [5.41, 5.74) is 0.458. The van der Waals surface area contributed by atoms with Crippen LogP contribution in [-0.2, 0) is 0 Å². The lowest BCUT2D eigenvalue weighted by molar-refractivity contribution is 0.614. The predicted molar refractivity (Wildman–Crippen MR) is 67.0 cm³/mol. The zero-order chi connectivity index (χ0) is 12.2. The third-order valence-corrected chi connectivity index (χ3v) is 3.58. The Hall–Kier alpha value is -0.910. The molecule has 0 atom stereocenters. The van der Waals surface area contributed by atoms with Gasteiger partial charge in [-0.05, 0) is 33.6 Å². The number of hydrogen-bond acceptors (Lipinski definition) is 3. The van der Waals surface area contributed by atoms with Crippen LogP contribution in [0.5, 0.6) is 0 Å². The zero-order valence-electron chi connectivity index (χ0n) is 7.97. The van der Waals surface area contributed by atoms with Gasteiger partial charge in [-0.1, -0.05) is 11.6 Å². The van der Waals surface area contributed by atoms with Crippen molar-refractivity contribution >= 4 is 61.0 Å². The third-order valence-electron chi connectivity index (χ3n) is 2.37. The van der Waals surface area contributed by atoms with Gasteiger partial charge in [0.05, 0.1) is 16.1 Å². The van der Waals surface area contributed by atoms with E-state index in [4.69, 9.17) is 27.6 Å². The van der Waals surface area contributed by atoms with Crippen LogP contribution in [-0.4, -0.2) is 9.97 Å². The van der Waals surface area contributed by atoms with E-state index in [0.29, 0.717) is 16.4 Å². The monoisotopic (exact) mass is 334 g/mol. The molecular formula is C10H2BrCl2FN2O. The number of nitrogens with zero attached hydrogens (tertiary/aromatic N) is 2. The Morgan fingerprint density at radius 3 is 2.82 bits per heavy atom. The lowest BCUT2D eigenvalue weighted by Crippen LogP contribution is -1.92. The van der Waals surface area contributed by atoms with Crippen molar-refractivity contribution in [3.8, 4) is 0 Å². The maximum Gasteiger partial charge on any atom is 0.224 e. The van der Waals surface area contributed by atoms with E-state index in [9.17, 15) is 4.39 Å². The molecule has 0 N–H and O–H groups in total. The lowest BCUT2D eigenvalue weighted by Gasteiger charge is -2.04. The Morgan fingerprint density at radius 2 is 2.06 bits per heavy atom. The minimum Gasteiger partial charge on any atom is -0.463 e. The minimum absolute atomic E-state index is 0.0318. The van der Waals surface area contributed by atoms with E-state index >= 15 is 0 Å². The summed E-state index contributed by atoms with van der Waals surface area (Å²) in [6.07, 6.45) is 1.44. The molecule has 3 aromatic rings. The largest absolute Gasteiger partial charge is 0.463 e. The van der Waals surface area contributed by atoms with Crippen LogP contribution in [0, 0.1) is 5.82 Å². The van der Waals surface area contributed by atoms with Crippen molar-refractivity contribution in [1.29, 1.82) is 0 Å². The van der Waals surface area contributed by atoms with Gasteiger partial charge in [-0.2, -0.15) is 0 Å². The van der Waals surface area contributed by atoms with Crippen LogP contribution in [0.3, 0.4) is 0 Å². The summed E-state index contributed by atoms with van der Waals surface area (Å²) < 4.78 is 19.6. The summed E-state index contributed by atoms with van der Waals surface area (Å²) in [5.74, 6) is -0.542. The van der Waals surface area contributed by atoms with Gasteiger partial charge in [0, 0.05) is 5.39 Å². The number of halogens is 4. The topological polar surface area (TPSA) is 38.9 Å². The number of rotatable bonds is 0. The van der Waals surface area contributed by atoms with E-state index in [-0.39, 0.29) is 20.4 Å². The molecule has 0 aliphatic rings. The molecule has 1 aromatic carbocycles. The van der Waals surface area contributed by atoms with Crippen molar-refractivity contribution in [3.63, 3.8) is 0 Å². The van der Waals surface area contributed by atoms with Crippen LogP contribution in [0.15, 0.2) is 21.2 Å². The molecule has 3 rings (SSSR count). The fourth-order valence-corrected chi connectivity index (χ4v) is 2.63. The zero-order valence-corrected chi connectivity index (χ0v) is 11.1. The fraction of sp³-hybridized carbons (Fsp3) is 0. The standard InChI is InChI=1S/C10H2BrCl2FN2O/c11-5-3-1-2-17-8(3)4-7(6(5)14)15-10(13)16-9(4)12/h1-2H. The summed E-state index contributed by atoms with van der Waals surface area (Å²) in [6.45, 7) is 0. The third kappa shape index (κ3) is 1.53. The van der Waals surface area contributed by atoms with Gasteiger partial charge in [-0.15, -0.1) is 0 Å². The number of aromatic nitrogens is 2. The highest BCUT2D eigenvalue weighted by molar-refractivity contribution is 9.10. The Morgan fingerprint density at radius 1 is 1.29 bits per heavy atom. The molecule has 0 radical (unpaired) electrons. The first-order chi connectivity index (χ1) is 8.09. The normalized spacial score (nSPS) is 11.5. The van der Waals surface area contributed by atoms with Crippen molar-refractivity contribution in [2.75, 3.05) is 0 Å². The fourth-order valence-electron chi connectivity index (χ4n) is 1.67. The van der Waals surface area contributed by atoms with Crippen molar-refractivity contribution in [3.05, 3.63) is 33.1 Å². The number of furan rings is 1. The Bertz CT molecular complexity index is 759. The van der Waals surface area contributed by atoms with Crippen molar-refractivity contribution < 1.29 is 8.81 Å². The molecule has 0 aliphatic carbocycles. The van der Waals surface area contributed by atoms with Crippen LogP contribution in [0.4, 0.5) is 4.39 Å². The molecule has 0 amide bonds. The minimum atomic E-state index is -0.542. The average molecular weight is 336 g/mol. The predicted octanol–water partition coefficient (Wildman–Crippen LogP) is 4.58. The van der Waals surface area contributed by atoms with Crippen molar-refractivity contribution in [1.82, 2.24) is 9.97 Å².